The fourth-order valence-corrected chi connectivity index (χ4v) is 3.62. The molecule has 1 N–H and O–H groups in total. The van der Waals surface area contributed by atoms with E-state index in [1.807, 2.05) is 61.5 Å². The average molecular weight is 426 g/mol. The Labute approximate surface area is 178 Å². The maximum absolute atomic E-state index is 12.0. The van der Waals surface area contributed by atoms with Gasteiger partial charge in [0.25, 0.3) is 5.91 Å². The number of hydrogen-bond donors (Lipinski definition) is 1. The summed E-state index contributed by atoms with van der Waals surface area (Å²) in [4.78, 5) is 20.8. The Bertz CT molecular complexity index is 1090. The Balaban J connectivity index is 1.56. The number of aliphatic imine (C=N–C) groups is 1. The van der Waals surface area contributed by atoms with Gasteiger partial charge in [-0.2, -0.15) is 0 Å². The topological polar surface area (TPSA) is 63.6 Å². The molecular formula is C22H20ClN3O2S. The van der Waals surface area contributed by atoms with Crippen LogP contribution in [0, 0.1) is 6.92 Å². The SMILES string of the molecule is C=CN=C(/C=C\CNC(=O)COc1ccccc1C)c1nc2cc(Cl)ccc2s1. The fourth-order valence-electron chi connectivity index (χ4n) is 2.53. The molecule has 7 heteroatoms. The van der Waals surface area contributed by atoms with Gasteiger partial charge in [0.05, 0.1) is 15.9 Å². The number of halogens is 1. The van der Waals surface area contributed by atoms with Crippen LogP contribution >= 0.6 is 22.9 Å². The number of benzene rings is 2. The lowest BCUT2D eigenvalue weighted by molar-refractivity contribution is -0.122. The Morgan fingerprint density at radius 2 is 2.17 bits per heavy atom. The number of rotatable bonds is 8. The highest BCUT2D eigenvalue weighted by Crippen LogP contribution is 2.25. The van der Waals surface area contributed by atoms with Gasteiger partial charge >= 0.3 is 0 Å². The third kappa shape index (κ3) is 5.76. The number of carbonyl (C=O) groups excluding carboxylic acids is 1. The molecule has 0 saturated heterocycles. The first kappa shape index (κ1) is 20.8. The molecule has 1 amide bonds. The zero-order valence-electron chi connectivity index (χ0n) is 15.9. The van der Waals surface area contributed by atoms with E-state index in [9.17, 15) is 4.79 Å². The Morgan fingerprint density at radius 3 is 2.97 bits per heavy atom. The van der Waals surface area contributed by atoms with Crippen LogP contribution in [0.25, 0.3) is 10.2 Å². The molecule has 0 aliphatic rings. The van der Waals surface area contributed by atoms with E-state index in [-0.39, 0.29) is 12.5 Å². The molecule has 0 saturated carbocycles. The molecule has 3 aromatic rings. The van der Waals surface area contributed by atoms with Crippen molar-refractivity contribution >= 4 is 44.8 Å². The van der Waals surface area contributed by atoms with Crippen LogP contribution in [0.4, 0.5) is 0 Å². The van der Waals surface area contributed by atoms with Gasteiger partial charge in [0.2, 0.25) is 0 Å². The standard InChI is InChI=1S/C22H20ClN3O2S/c1-3-24-17(22-26-18-13-16(23)10-11-20(18)29-22)8-6-12-25-21(27)14-28-19-9-5-4-7-15(19)2/h3-11,13H,1,12,14H2,2H3,(H,25,27)/b8-6-,24-17?. The number of fused-ring (bicyclic) bond motifs is 1. The summed E-state index contributed by atoms with van der Waals surface area (Å²) in [5.41, 5.74) is 2.48. The summed E-state index contributed by atoms with van der Waals surface area (Å²) in [6, 6.07) is 13.2. The predicted molar refractivity (Wildman–Crippen MR) is 120 cm³/mol. The van der Waals surface area contributed by atoms with Gasteiger partial charge < -0.3 is 10.1 Å². The van der Waals surface area contributed by atoms with E-state index in [1.165, 1.54) is 17.5 Å². The van der Waals surface area contributed by atoms with Gasteiger partial charge in [0.15, 0.2) is 6.61 Å². The third-order valence-electron chi connectivity index (χ3n) is 3.94. The number of aryl methyl sites for hydroxylation is 1. The number of carbonyl (C=O) groups is 1. The second kappa shape index (κ2) is 10.0. The summed E-state index contributed by atoms with van der Waals surface area (Å²) in [7, 11) is 0. The van der Waals surface area contributed by atoms with E-state index < -0.39 is 0 Å². The smallest absolute Gasteiger partial charge is 0.258 e. The van der Waals surface area contributed by atoms with E-state index >= 15 is 0 Å². The molecule has 29 heavy (non-hydrogen) atoms. The lowest BCUT2D eigenvalue weighted by Gasteiger charge is -2.08. The van der Waals surface area contributed by atoms with Gasteiger partial charge in [0, 0.05) is 17.8 Å². The molecule has 5 nitrogen and oxygen atoms in total. The van der Waals surface area contributed by atoms with Crippen molar-refractivity contribution in [2.45, 2.75) is 6.92 Å². The minimum atomic E-state index is -0.199. The highest BCUT2D eigenvalue weighted by Gasteiger charge is 2.08. The van der Waals surface area contributed by atoms with Crippen LogP contribution in [0.15, 0.2) is 72.4 Å². The summed E-state index contributed by atoms with van der Waals surface area (Å²) < 4.78 is 6.56. The number of nitrogens with zero attached hydrogens (tertiary/aromatic N) is 2. The van der Waals surface area contributed by atoms with Crippen LogP contribution in [-0.2, 0) is 4.79 Å². The Morgan fingerprint density at radius 1 is 1.34 bits per heavy atom. The molecule has 0 aliphatic carbocycles. The zero-order valence-corrected chi connectivity index (χ0v) is 17.5. The maximum atomic E-state index is 12.0. The van der Waals surface area contributed by atoms with Crippen molar-refractivity contribution < 1.29 is 9.53 Å². The highest BCUT2D eigenvalue weighted by molar-refractivity contribution is 7.20. The number of aromatic nitrogens is 1. The third-order valence-corrected chi connectivity index (χ3v) is 5.24. The monoisotopic (exact) mass is 425 g/mol. The van der Waals surface area contributed by atoms with Crippen molar-refractivity contribution in [2.24, 2.45) is 4.99 Å². The lowest BCUT2D eigenvalue weighted by Crippen LogP contribution is -2.29. The molecule has 0 atom stereocenters. The summed E-state index contributed by atoms with van der Waals surface area (Å²) >= 11 is 7.55. The van der Waals surface area contributed by atoms with E-state index in [1.54, 1.807) is 0 Å². The Hall–Kier alpha value is -2.96. The fraction of sp³-hybridized carbons (Fsp3) is 0.136. The number of nitrogens with one attached hydrogen (secondary N) is 1. The largest absolute Gasteiger partial charge is 0.484 e. The van der Waals surface area contributed by atoms with Crippen LogP contribution < -0.4 is 10.1 Å². The number of hydrogen-bond acceptors (Lipinski definition) is 5. The molecule has 0 fully saturated rings. The first-order chi connectivity index (χ1) is 14.1. The summed E-state index contributed by atoms with van der Waals surface area (Å²) in [6.07, 6.45) is 5.09. The van der Waals surface area contributed by atoms with E-state index in [4.69, 9.17) is 16.3 Å². The molecule has 0 radical (unpaired) electrons. The molecule has 0 spiro atoms. The second-order valence-electron chi connectivity index (χ2n) is 6.09. The quantitative estimate of drug-likeness (QED) is 0.520. The number of allylic oxidation sites excluding steroid dienone is 1. The minimum Gasteiger partial charge on any atom is -0.484 e. The maximum Gasteiger partial charge on any atom is 0.258 e. The Kier molecular flexibility index (Phi) is 7.16. The van der Waals surface area contributed by atoms with E-state index in [0.29, 0.717) is 23.0 Å². The first-order valence-electron chi connectivity index (χ1n) is 8.93. The summed E-state index contributed by atoms with van der Waals surface area (Å²) in [5, 5.41) is 4.19. The first-order valence-corrected chi connectivity index (χ1v) is 10.1. The van der Waals surface area contributed by atoms with Crippen LogP contribution in [0.2, 0.25) is 5.02 Å². The van der Waals surface area contributed by atoms with Crippen molar-refractivity contribution in [3.63, 3.8) is 0 Å². The van der Waals surface area contributed by atoms with Crippen molar-refractivity contribution in [1.29, 1.82) is 0 Å². The van der Waals surface area contributed by atoms with E-state index in [2.05, 4.69) is 21.9 Å². The van der Waals surface area contributed by atoms with Crippen molar-refractivity contribution in [1.82, 2.24) is 10.3 Å². The van der Waals surface area contributed by atoms with Crippen LogP contribution in [0.3, 0.4) is 0 Å². The van der Waals surface area contributed by atoms with Crippen molar-refractivity contribution in [3.8, 4) is 5.75 Å². The minimum absolute atomic E-state index is 0.0368. The van der Waals surface area contributed by atoms with Gasteiger partial charge in [-0.05, 0) is 42.8 Å². The summed E-state index contributed by atoms with van der Waals surface area (Å²) in [5.74, 6) is 0.504. The zero-order chi connectivity index (χ0) is 20.6. The molecule has 0 unspecified atom stereocenters. The van der Waals surface area contributed by atoms with Gasteiger partial charge in [0.1, 0.15) is 10.8 Å². The summed E-state index contributed by atoms with van der Waals surface area (Å²) in [6.45, 7) is 5.91. The molecule has 2 aromatic carbocycles. The lowest BCUT2D eigenvalue weighted by atomic mass is 10.2. The van der Waals surface area contributed by atoms with Crippen LogP contribution in [0.1, 0.15) is 10.6 Å². The van der Waals surface area contributed by atoms with Crippen molar-refractivity contribution in [3.05, 3.63) is 83.0 Å². The number of thiazole rings is 1. The van der Waals surface area contributed by atoms with Gasteiger partial charge in [-0.3, -0.25) is 9.79 Å². The molecular weight excluding hydrogens is 406 g/mol. The molecule has 0 aliphatic heterocycles. The number of ether oxygens (including phenoxy) is 1. The average Bonchev–Trinajstić information content (AvgIpc) is 3.12. The van der Waals surface area contributed by atoms with Crippen molar-refractivity contribution in [2.75, 3.05) is 13.2 Å². The van der Waals surface area contributed by atoms with Crippen LogP contribution in [-0.4, -0.2) is 29.8 Å². The molecule has 1 heterocycles. The number of para-hydroxylation sites is 1. The molecule has 1 aromatic heterocycles. The highest BCUT2D eigenvalue weighted by atomic mass is 35.5. The molecule has 0 bridgehead atoms. The predicted octanol–water partition coefficient (Wildman–Crippen LogP) is 4.94. The van der Waals surface area contributed by atoms with Gasteiger partial charge in [-0.15, -0.1) is 11.3 Å². The second-order valence-corrected chi connectivity index (χ2v) is 7.56. The number of amides is 1. The molecule has 148 valence electrons. The molecule has 3 rings (SSSR count). The normalized spacial score (nSPS) is 11.7. The van der Waals surface area contributed by atoms with Gasteiger partial charge in [-0.25, -0.2) is 4.98 Å². The van der Waals surface area contributed by atoms with E-state index in [0.717, 1.165) is 20.8 Å². The van der Waals surface area contributed by atoms with Crippen LogP contribution in [0.5, 0.6) is 5.75 Å². The van der Waals surface area contributed by atoms with Gasteiger partial charge in [-0.1, -0.05) is 42.5 Å².